The van der Waals surface area contributed by atoms with Crippen molar-refractivity contribution in [2.45, 2.75) is 32.9 Å². The third-order valence-corrected chi connectivity index (χ3v) is 4.81. The van der Waals surface area contributed by atoms with Crippen LogP contribution in [0.2, 0.25) is 0 Å². The summed E-state index contributed by atoms with van der Waals surface area (Å²) in [5.74, 6) is 0.886. The van der Waals surface area contributed by atoms with Gasteiger partial charge in [-0.1, -0.05) is 30.3 Å². The number of nitrogens with zero attached hydrogens (tertiary/aromatic N) is 2. The van der Waals surface area contributed by atoms with Gasteiger partial charge in [0, 0.05) is 31.3 Å². The summed E-state index contributed by atoms with van der Waals surface area (Å²) in [6.45, 7) is 6.37. The highest BCUT2D eigenvalue weighted by Gasteiger charge is 2.16. The molecule has 0 bridgehead atoms. The number of ether oxygens (including phenoxy) is 1. The van der Waals surface area contributed by atoms with Gasteiger partial charge in [0.25, 0.3) is 5.91 Å². The minimum atomic E-state index is 0.0413. The number of amides is 1. The van der Waals surface area contributed by atoms with E-state index in [2.05, 4.69) is 11.0 Å². The van der Waals surface area contributed by atoms with Crippen molar-refractivity contribution in [2.75, 3.05) is 26.7 Å². The number of para-hydroxylation sites is 1. The van der Waals surface area contributed by atoms with E-state index < -0.39 is 0 Å². The van der Waals surface area contributed by atoms with E-state index in [0.717, 1.165) is 36.5 Å². The summed E-state index contributed by atoms with van der Waals surface area (Å²) < 4.78 is 5.67. The van der Waals surface area contributed by atoms with Crippen LogP contribution in [-0.2, 0) is 13.1 Å². The van der Waals surface area contributed by atoms with Crippen LogP contribution in [0.5, 0.6) is 5.75 Å². The maximum absolute atomic E-state index is 12.9. The van der Waals surface area contributed by atoms with Crippen molar-refractivity contribution in [3.8, 4) is 5.75 Å². The highest BCUT2D eigenvalue weighted by molar-refractivity contribution is 5.94. The molecule has 1 saturated heterocycles. The summed E-state index contributed by atoms with van der Waals surface area (Å²) in [4.78, 5) is 17.1. The van der Waals surface area contributed by atoms with Crippen molar-refractivity contribution < 1.29 is 9.53 Å². The van der Waals surface area contributed by atoms with Crippen LogP contribution in [0.1, 0.15) is 41.3 Å². The molecule has 1 aliphatic heterocycles. The van der Waals surface area contributed by atoms with E-state index in [1.54, 1.807) is 4.90 Å². The van der Waals surface area contributed by atoms with E-state index in [1.165, 1.54) is 18.4 Å². The zero-order chi connectivity index (χ0) is 18.4. The Bertz CT molecular complexity index is 738. The maximum atomic E-state index is 12.9. The second kappa shape index (κ2) is 8.86. The number of hydrogen-bond acceptors (Lipinski definition) is 3. The van der Waals surface area contributed by atoms with Crippen molar-refractivity contribution in [3.63, 3.8) is 0 Å². The molecule has 0 unspecified atom stereocenters. The smallest absolute Gasteiger partial charge is 0.253 e. The molecule has 2 aromatic carbocycles. The minimum absolute atomic E-state index is 0.0413. The Morgan fingerprint density at radius 1 is 1.12 bits per heavy atom. The van der Waals surface area contributed by atoms with Crippen LogP contribution >= 0.6 is 0 Å². The SMILES string of the molecule is CCOc1ccccc1CN(C)C(=O)c1cccc(CN2CCCC2)c1. The Hall–Kier alpha value is -2.33. The fraction of sp³-hybridized carbons (Fsp3) is 0.409. The van der Waals surface area contributed by atoms with E-state index in [0.29, 0.717) is 13.2 Å². The molecule has 0 aliphatic carbocycles. The third kappa shape index (κ3) is 4.64. The molecule has 0 aromatic heterocycles. The minimum Gasteiger partial charge on any atom is -0.494 e. The van der Waals surface area contributed by atoms with Crippen LogP contribution in [0.3, 0.4) is 0 Å². The molecule has 138 valence electrons. The summed E-state index contributed by atoms with van der Waals surface area (Å²) in [7, 11) is 1.85. The van der Waals surface area contributed by atoms with Crippen LogP contribution in [-0.4, -0.2) is 42.5 Å². The Labute approximate surface area is 156 Å². The Kier molecular flexibility index (Phi) is 6.29. The predicted molar refractivity (Wildman–Crippen MR) is 104 cm³/mol. The lowest BCUT2D eigenvalue weighted by Crippen LogP contribution is -2.26. The zero-order valence-electron chi connectivity index (χ0n) is 15.8. The van der Waals surface area contributed by atoms with Gasteiger partial charge in [0.15, 0.2) is 0 Å². The van der Waals surface area contributed by atoms with Gasteiger partial charge >= 0.3 is 0 Å². The van der Waals surface area contributed by atoms with Crippen molar-refractivity contribution in [3.05, 3.63) is 65.2 Å². The van der Waals surface area contributed by atoms with Gasteiger partial charge in [-0.3, -0.25) is 9.69 Å². The van der Waals surface area contributed by atoms with Crippen molar-refractivity contribution >= 4 is 5.91 Å². The van der Waals surface area contributed by atoms with E-state index in [4.69, 9.17) is 4.74 Å². The largest absolute Gasteiger partial charge is 0.494 e. The van der Waals surface area contributed by atoms with Crippen molar-refractivity contribution in [1.29, 1.82) is 0 Å². The molecule has 0 atom stereocenters. The molecular weight excluding hydrogens is 324 g/mol. The number of benzene rings is 2. The molecule has 1 aliphatic rings. The standard InChI is InChI=1S/C22H28N2O2/c1-3-26-21-12-5-4-10-20(21)17-23(2)22(25)19-11-8-9-18(15-19)16-24-13-6-7-14-24/h4-5,8-12,15H,3,6-7,13-14,16-17H2,1-2H3. The molecule has 0 N–H and O–H groups in total. The summed E-state index contributed by atoms with van der Waals surface area (Å²) in [6, 6.07) is 15.9. The predicted octanol–water partition coefficient (Wildman–Crippen LogP) is 3.95. The monoisotopic (exact) mass is 352 g/mol. The molecular formula is C22H28N2O2. The molecule has 1 amide bonds. The fourth-order valence-electron chi connectivity index (χ4n) is 3.48. The van der Waals surface area contributed by atoms with Gasteiger partial charge in [0.05, 0.1) is 6.61 Å². The quantitative estimate of drug-likeness (QED) is 0.756. The molecule has 4 nitrogen and oxygen atoms in total. The summed E-state index contributed by atoms with van der Waals surface area (Å²) in [5.41, 5.74) is 2.98. The molecule has 0 radical (unpaired) electrons. The lowest BCUT2D eigenvalue weighted by Gasteiger charge is -2.20. The van der Waals surface area contributed by atoms with Crippen molar-refractivity contribution in [1.82, 2.24) is 9.80 Å². The number of carbonyl (C=O) groups excluding carboxylic acids is 1. The average Bonchev–Trinajstić information content (AvgIpc) is 3.16. The normalized spacial score (nSPS) is 14.4. The Balaban J connectivity index is 1.68. The molecule has 3 rings (SSSR count). The highest BCUT2D eigenvalue weighted by atomic mass is 16.5. The third-order valence-electron chi connectivity index (χ3n) is 4.81. The summed E-state index contributed by atoms with van der Waals surface area (Å²) in [5, 5.41) is 0. The second-order valence-electron chi connectivity index (χ2n) is 6.89. The Morgan fingerprint density at radius 3 is 2.65 bits per heavy atom. The van der Waals surface area contributed by atoms with Gasteiger partial charge in [0.1, 0.15) is 5.75 Å². The van der Waals surface area contributed by atoms with E-state index in [9.17, 15) is 4.79 Å². The Morgan fingerprint density at radius 2 is 1.88 bits per heavy atom. The summed E-state index contributed by atoms with van der Waals surface area (Å²) in [6.07, 6.45) is 2.56. The number of rotatable bonds is 7. The van der Waals surface area contributed by atoms with Gasteiger partial charge in [-0.2, -0.15) is 0 Å². The van der Waals surface area contributed by atoms with Crippen LogP contribution in [0.15, 0.2) is 48.5 Å². The van der Waals surface area contributed by atoms with E-state index in [-0.39, 0.29) is 5.91 Å². The average molecular weight is 352 g/mol. The topological polar surface area (TPSA) is 32.8 Å². The van der Waals surface area contributed by atoms with Crippen LogP contribution in [0, 0.1) is 0 Å². The van der Waals surface area contributed by atoms with E-state index >= 15 is 0 Å². The van der Waals surface area contributed by atoms with Gasteiger partial charge in [0.2, 0.25) is 0 Å². The number of likely N-dealkylation sites (tertiary alicyclic amines) is 1. The number of hydrogen-bond donors (Lipinski definition) is 0. The first-order valence-electron chi connectivity index (χ1n) is 9.45. The molecule has 1 heterocycles. The van der Waals surface area contributed by atoms with Crippen LogP contribution in [0.4, 0.5) is 0 Å². The molecule has 1 fully saturated rings. The van der Waals surface area contributed by atoms with Crippen LogP contribution in [0.25, 0.3) is 0 Å². The molecule has 0 saturated carbocycles. The van der Waals surface area contributed by atoms with Gasteiger partial charge in [-0.15, -0.1) is 0 Å². The maximum Gasteiger partial charge on any atom is 0.253 e. The lowest BCUT2D eigenvalue weighted by molar-refractivity contribution is 0.0784. The van der Waals surface area contributed by atoms with Gasteiger partial charge < -0.3 is 9.64 Å². The first kappa shape index (κ1) is 18.5. The highest BCUT2D eigenvalue weighted by Crippen LogP contribution is 2.21. The second-order valence-corrected chi connectivity index (χ2v) is 6.89. The number of carbonyl (C=O) groups is 1. The first-order chi connectivity index (χ1) is 12.7. The fourth-order valence-corrected chi connectivity index (χ4v) is 3.48. The zero-order valence-corrected chi connectivity index (χ0v) is 15.8. The summed E-state index contributed by atoms with van der Waals surface area (Å²) >= 11 is 0. The van der Waals surface area contributed by atoms with Crippen LogP contribution < -0.4 is 4.74 Å². The first-order valence-corrected chi connectivity index (χ1v) is 9.45. The molecule has 0 spiro atoms. The molecule has 26 heavy (non-hydrogen) atoms. The molecule has 2 aromatic rings. The van der Waals surface area contributed by atoms with Gasteiger partial charge in [-0.25, -0.2) is 0 Å². The van der Waals surface area contributed by atoms with Gasteiger partial charge in [-0.05, 0) is 56.6 Å². The van der Waals surface area contributed by atoms with Crippen molar-refractivity contribution in [2.24, 2.45) is 0 Å². The van der Waals surface area contributed by atoms with E-state index in [1.807, 2.05) is 56.4 Å². The molecule has 4 heteroatoms. The lowest BCUT2D eigenvalue weighted by atomic mass is 10.1.